The third-order valence-corrected chi connectivity index (χ3v) is 5.30. The van der Waals surface area contributed by atoms with Crippen LogP contribution < -0.4 is 9.47 Å². The van der Waals surface area contributed by atoms with Crippen LogP contribution in [0.4, 0.5) is 0 Å². The number of Topliss-reactive ketones (excluding diaryl/α,β-unsaturated/α-hetero) is 2. The highest BCUT2D eigenvalue weighted by Gasteiger charge is 2.12. The molecule has 2 heterocycles. The number of nitrogens with zero attached hydrogens (tertiary/aromatic N) is 1. The van der Waals surface area contributed by atoms with Gasteiger partial charge in [-0.1, -0.05) is 18.2 Å². The van der Waals surface area contributed by atoms with Crippen LogP contribution >= 0.6 is 0 Å². The fraction of sp³-hybridized carbons (Fsp3) is 0.222. The zero-order valence-electron chi connectivity index (χ0n) is 18.3. The normalized spacial score (nSPS) is 10.8. The average Bonchev–Trinajstić information content (AvgIpc) is 3.30. The number of H-pyrrole nitrogens is 1. The molecule has 0 aliphatic heterocycles. The van der Waals surface area contributed by atoms with Crippen molar-refractivity contribution in [2.24, 2.45) is 0 Å². The number of rotatable bonds is 12. The zero-order chi connectivity index (χ0) is 22.9. The maximum absolute atomic E-state index is 12.5. The van der Waals surface area contributed by atoms with Gasteiger partial charge < -0.3 is 14.5 Å². The van der Waals surface area contributed by atoms with E-state index in [0.29, 0.717) is 55.8 Å². The molecule has 4 aromatic rings. The predicted octanol–water partition coefficient (Wildman–Crippen LogP) is 5.65. The van der Waals surface area contributed by atoms with Crippen LogP contribution in [-0.2, 0) is 0 Å². The number of aromatic amines is 1. The summed E-state index contributed by atoms with van der Waals surface area (Å²) in [6.45, 7) is 0.932. The van der Waals surface area contributed by atoms with Crippen molar-refractivity contribution in [3.8, 4) is 11.5 Å². The molecule has 0 amide bonds. The van der Waals surface area contributed by atoms with Crippen molar-refractivity contribution in [3.63, 3.8) is 0 Å². The van der Waals surface area contributed by atoms with Crippen molar-refractivity contribution in [2.45, 2.75) is 25.7 Å². The summed E-state index contributed by atoms with van der Waals surface area (Å²) < 4.78 is 11.4. The summed E-state index contributed by atoms with van der Waals surface area (Å²) in [5.41, 5.74) is 2.04. The molecule has 0 atom stereocenters. The number of benzene rings is 2. The van der Waals surface area contributed by atoms with Gasteiger partial charge in [0, 0.05) is 41.7 Å². The first-order valence-electron chi connectivity index (χ1n) is 11.1. The molecule has 6 nitrogen and oxygen atoms in total. The summed E-state index contributed by atoms with van der Waals surface area (Å²) in [7, 11) is 0. The number of pyridine rings is 1. The van der Waals surface area contributed by atoms with Crippen LogP contribution in [-0.4, -0.2) is 34.7 Å². The van der Waals surface area contributed by atoms with Crippen LogP contribution in [0.1, 0.15) is 46.4 Å². The van der Waals surface area contributed by atoms with Crippen molar-refractivity contribution in [1.82, 2.24) is 9.97 Å². The maximum Gasteiger partial charge on any atom is 0.165 e. The van der Waals surface area contributed by atoms with Crippen LogP contribution in [0.2, 0.25) is 0 Å². The zero-order valence-corrected chi connectivity index (χ0v) is 18.3. The third-order valence-electron chi connectivity index (χ3n) is 5.30. The minimum Gasteiger partial charge on any atom is -0.494 e. The first-order chi connectivity index (χ1) is 16.2. The van der Waals surface area contributed by atoms with Gasteiger partial charge in [0.2, 0.25) is 0 Å². The second kappa shape index (κ2) is 11.1. The highest BCUT2D eigenvalue weighted by molar-refractivity contribution is 6.07. The molecule has 0 unspecified atom stereocenters. The largest absolute Gasteiger partial charge is 0.494 e. The van der Waals surface area contributed by atoms with Crippen molar-refractivity contribution in [3.05, 3.63) is 90.3 Å². The molecule has 0 aliphatic rings. The Kier molecular flexibility index (Phi) is 7.48. The lowest BCUT2D eigenvalue weighted by molar-refractivity contribution is 0.0965. The smallest absolute Gasteiger partial charge is 0.165 e. The van der Waals surface area contributed by atoms with Crippen molar-refractivity contribution in [1.29, 1.82) is 0 Å². The Labute approximate surface area is 192 Å². The van der Waals surface area contributed by atoms with Gasteiger partial charge in [0.1, 0.15) is 17.1 Å². The number of carbonyl (C=O) groups excluding carboxylic acids is 2. The van der Waals surface area contributed by atoms with Gasteiger partial charge in [0.25, 0.3) is 0 Å². The Bertz CT molecular complexity index is 1200. The van der Waals surface area contributed by atoms with E-state index in [1.54, 1.807) is 36.7 Å². The molecule has 0 aliphatic carbocycles. The summed E-state index contributed by atoms with van der Waals surface area (Å²) in [6, 6.07) is 20.4. The Morgan fingerprint density at radius 2 is 1.42 bits per heavy atom. The summed E-state index contributed by atoms with van der Waals surface area (Å²) in [6.07, 6.45) is 5.49. The SMILES string of the molecule is O=C(CCCOc1ccccc1)c1ccc(OCCCC(=O)c2c[nH]c3ncccc23)cc1. The van der Waals surface area contributed by atoms with Crippen LogP contribution in [0.5, 0.6) is 11.5 Å². The highest BCUT2D eigenvalue weighted by atomic mass is 16.5. The monoisotopic (exact) mass is 442 g/mol. The summed E-state index contributed by atoms with van der Waals surface area (Å²) in [4.78, 5) is 32.1. The molecule has 0 bridgehead atoms. The number of ketones is 2. The van der Waals surface area contributed by atoms with Gasteiger partial charge in [-0.2, -0.15) is 0 Å². The van der Waals surface area contributed by atoms with Crippen molar-refractivity contribution < 1.29 is 19.1 Å². The quantitative estimate of drug-likeness (QED) is 0.227. The number of ether oxygens (including phenoxy) is 2. The van der Waals surface area contributed by atoms with Crippen molar-refractivity contribution >= 4 is 22.6 Å². The van der Waals surface area contributed by atoms with Crippen molar-refractivity contribution in [2.75, 3.05) is 13.2 Å². The Morgan fingerprint density at radius 1 is 0.758 bits per heavy atom. The number of aromatic nitrogens is 2. The lowest BCUT2D eigenvalue weighted by Crippen LogP contribution is -2.05. The summed E-state index contributed by atoms with van der Waals surface area (Å²) >= 11 is 0. The summed E-state index contributed by atoms with van der Waals surface area (Å²) in [5.74, 6) is 1.64. The highest BCUT2D eigenvalue weighted by Crippen LogP contribution is 2.19. The molecule has 0 fully saturated rings. The van der Waals surface area contributed by atoms with Crippen LogP contribution in [0.25, 0.3) is 11.0 Å². The minimum atomic E-state index is 0.0649. The number of para-hydroxylation sites is 1. The molecule has 4 rings (SSSR count). The van der Waals surface area contributed by atoms with Crippen LogP contribution in [0.15, 0.2) is 79.1 Å². The number of fused-ring (bicyclic) bond motifs is 1. The van der Waals surface area contributed by atoms with Crippen LogP contribution in [0, 0.1) is 0 Å². The Hall–Kier alpha value is -3.93. The molecule has 0 saturated heterocycles. The van der Waals surface area contributed by atoms with E-state index in [-0.39, 0.29) is 11.6 Å². The van der Waals surface area contributed by atoms with E-state index in [2.05, 4.69) is 9.97 Å². The first kappa shape index (κ1) is 22.3. The van der Waals surface area contributed by atoms with Gasteiger partial charge in [-0.05, 0) is 61.4 Å². The molecule has 33 heavy (non-hydrogen) atoms. The molecule has 6 heteroatoms. The van der Waals surface area contributed by atoms with Gasteiger partial charge >= 0.3 is 0 Å². The molecular formula is C27H26N2O4. The van der Waals surface area contributed by atoms with E-state index < -0.39 is 0 Å². The Morgan fingerprint density at radius 3 is 2.15 bits per heavy atom. The number of nitrogens with one attached hydrogen (secondary N) is 1. The molecule has 2 aromatic heterocycles. The molecule has 0 radical (unpaired) electrons. The number of hydrogen-bond acceptors (Lipinski definition) is 5. The first-order valence-corrected chi connectivity index (χ1v) is 11.1. The Balaban J connectivity index is 1.16. The molecular weight excluding hydrogens is 416 g/mol. The van der Waals surface area contributed by atoms with E-state index in [1.165, 1.54) is 0 Å². The van der Waals surface area contributed by atoms with Gasteiger partial charge in [0.15, 0.2) is 11.6 Å². The molecule has 168 valence electrons. The topological polar surface area (TPSA) is 81.3 Å². The predicted molar refractivity (Wildman–Crippen MR) is 127 cm³/mol. The van der Waals surface area contributed by atoms with Crippen LogP contribution in [0.3, 0.4) is 0 Å². The fourth-order valence-electron chi connectivity index (χ4n) is 3.56. The third kappa shape index (κ3) is 6.07. The van der Waals surface area contributed by atoms with Gasteiger partial charge in [-0.3, -0.25) is 9.59 Å². The second-order valence-electron chi connectivity index (χ2n) is 7.69. The lowest BCUT2D eigenvalue weighted by atomic mass is 10.1. The van der Waals surface area contributed by atoms with Gasteiger partial charge in [-0.15, -0.1) is 0 Å². The average molecular weight is 443 g/mol. The van der Waals surface area contributed by atoms with E-state index in [1.807, 2.05) is 42.5 Å². The van der Waals surface area contributed by atoms with Gasteiger partial charge in [0.05, 0.1) is 13.2 Å². The number of hydrogen-bond donors (Lipinski definition) is 1. The van der Waals surface area contributed by atoms with Gasteiger partial charge in [-0.25, -0.2) is 4.98 Å². The lowest BCUT2D eigenvalue weighted by Gasteiger charge is -2.08. The fourth-order valence-corrected chi connectivity index (χ4v) is 3.56. The van der Waals surface area contributed by atoms with E-state index in [0.717, 1.165) is 16.8 Å². The van der Waals surface area contributed by atoms with E-state index in [4.69, 9.17) is 9.47 Å². The molecule has 0 spiro atoms. The summed E-state index contributed by atoms with van der Waals surface area (Å²) in [5, 5.41) is 0.843. The molecule has 0 saturated carbocycles. The maximum atomic E-state index is 12.5. The standard InChI is InChI=1S/C27H26N2O4/c30-25(10-5-17-32-21-7-2-1-3-8-21)20-12-14-22(15-13-20)33-18-6-11-26(31)24-19-29-27-23(24)9-4-16-28-27/h1-4,7-9,12-16,19H,5-6,10-11,17-18H2,(H,28,29). The molecule has 2 aromatic carbocycles. The van der Waals surface area contributed by atoms with E-state index >= 15 is 0 Å². The minimum absolute atomic E-state index is 0.0649. The molecule has 1 N–H and O–H groups in total. The number of carbonyl (C=O) groups is 2. The second-order valence-corrected chi connectivity index (χ2v) is 7.69. The van der Waals surface area contributed by atoms with E-state index in [9.17, 15) is 9.59 Å².